The molecule has 0 heterocycles. The number of carboxylic acid groups (broad SMARTS) is 1. The lowest BCUT2D eigenvalue weighted by Crippen LogP contribution is -2.20. The largest absolute Gasteiger partial charge is 0.493 e. The summed E-state index contributed by atoms with van der Waals surface area (Å²) in [5, 5.41) is 11.9. The zero-order valence-electron chi connectivity index (χ0n) is 12.3. The quantitative estimate of drug-likeness (QED) is 0.750. The monoisotopic (exact) mass is 293 g/mol. The van der Waals surface area contributed by atoms with Gasteiger partial charge in [-0.25, -0.2) is 4.79 Å². The highest BCUT2D eigenvalue weighted by Gasteiger charge is 2.14. The summed E-state index contributed by atoms with van der Waals surface area (Å²) in [6, 6.07) is 3.03. The lowest BCUT2D eigenvalue weighted by molar-refractivity contribution is -0.118. The van der Waals surface area contributed by atoms with Crippen LogP contribution in [0.3, 0.4) is 0 Å². The number of methoxy groups -OCH3 is 2. The number of amides is 1. The van der Waals surface area contributed by atoms with E-state index >= 15 is 0 Å². The van der Waals surface area contributed by atoms with E-state index in [1.54, 1.807) is 18.2 Å². The van der Waals surface area contributed by atoms with Gasteiger partial charge < -0.3 is 19.9 Å². The van der Waals surface area contributed by atoms with Crippen LogP contribution < -0.4 is 14.8 Å². The number of aromatic carboxylic acids is 1. The van der Waals surface area contributed by atoms with Gasteiger partial charge >= 0.3 is 5.97 Å². The number of rotatable bonds is 7. The number of benzene rings is 1. The van der Waals surface area contributed by atoms with Crippen molar-refractivity contribution >= 4 is 18.0 Å². The first-order valence-corrected chi connectivity index (χ1v) is 6.40. The van der Waals surface area contributed by atoms with Gasteiger partial charge in [-0.15, -0.1) is 0 Å². The fourth-order valence-corrected chi connectivity index (χ4v) is 1.76. The van der Waals surface area contributed by atoms with Crippen LogP contribution >= 0.6 is 0 Å². The topological polar surface area (TPSA) is 84.9 Å². The summed E-state index contributed by atoms with van der Waals surface area (Å²) in [7, 11) is 2.94. The van der Waals surface area contributed by atoms with Gasteiger partial charge in [-0.05, 0) is 24.1 Å². The first kappa shape index (κ1) is 16.6. The summed E-state index contributed by atoms with van der Waals surface area (Å²) in [5.41, 5.74) is 0.645. The van der Waals surface area contributed by atoms with E-state index in [0.29, 0.717) is 30.0 Å². The molecule has 0 saturated carbocycles. The van der Waals surface area contributed by atoms with Crippen molar-refractivity contribution in [2.45, 2.75) is 13.3 Å². The summed E-state index contributed by atoms with van der Waals surface area (Å²) in [5.74, 6) is -0.312. The first-order valence-electron chi connectivity index (χ1n) is 6.40. The number of hydrogen-bond acceptors (Lipinski definition) is 4. The predicted molar refractivity (Wildman–Crippen MR) is 78.8 cm³/mol. The summed E-state index contributed by atoms with van der Waals surface area (Å²) in [6.45, 7) is 1.95. The molecule has 2 N–H and O–H groups in total. The number of hydrogen-bond donors (Lipinski definition) is 2. The third-order valence-corrected chi connectivity index (χ3v) is 2.77. The molecule has 0 bridgehead atoms. The fraction of sp³-hybridized carbons (Fsp3) is 0.333. The van der Waals surface area contributed by atoms with Crippen LogP contribution in [0.15, 0.2) is 18.2 Å². The number of nitrogens with one attached hydrogen (secondary N) is 1. The summed E-state index contributed by atoms with van der Waals surface area (Å²) < 4.78 is 10.3. The average Bonchev–Trinajstić information content (AvgIpc) is 2.45. The highest BCUT2D eigenvalue weighted by atomic mass is 16.5. The molecule has 1 amide bonds. The van der Waals surface area contributed by atoms with Crippen LogP contribution in [0.2, 0.25) is 0 Å². The third-order valence-electron chi connectivity index (χ3n) is 2.77. The van der Waals surface area contributed by atoms with Crippen LogP contribution in [0.5, 0.6) is 11.5 Å². The fourth-order valence-electron chi connectivity index (χ4n) is 1.76. The molecule has 0 aliphatic heterocycles. The van der Waals surface area contributed by atoms with Gasteiger partial charge in [0.05, 0.1) is 19.8 Å². The Labute approximate surface area is 123 Å². The molecular formula is C15H19NO5. The number of ether oxygens (including phenoxy) is 2. The van der Waals surface area contributed by atoms with Gasteiger partial charge in [0.15, 0.2) is 11.5 Å². The second kappa shape index (κ2) is 7.94. The molecule has 21 heavy (non-hydrogen) atoms. The van der Waals surface area contributed by atoms with Crippen molar-refractivity contribution in [3.63, 3.8) is 0 Å². The van der Waals surface area contributed by atoms with E-state index in [-0.39, 0.29) is 11.5 Å². The normalized spacial score (nSPS) is 10.4. The van der Waals surface area contributed by atoms with Gasteiger partial charge in [-0.2, -0.15) is 0 Å². The van der Waals surface area contributed by atoms with Crippen molar-refractivity contribution in [2.75, 3.05) is 20.8 Å². The molecule has 0 saturated heterocycles. The van der Waals surface area contributed by atoms with E-state index in [1.807, 2.05) is 0 Å². The average molecular weight is 293 g/mol. The van der Waals surface area contributed by atoms with E-state index in [4.69, 9.17) is 9.47 Å². The Kier molecular flexibility index (Phi) is 6.26. The highest BCUT2D eigenvalue weighted by molar-refractivity contribution is 5.93. The van der Waals surface area contributed by atoms with Crippen LogP contribution in [0.1, 0.15) is 29.3 Å². The molecule has 0 unspecified atom stereocenters. The summed E-state index contributed by atoms with van der Waals surface area (Å²) in [4.78, 5) is 22.0. The van der Waals surface area contributed by atoms with Gasteiger partial charge in [-0.1, -0.05) is 12.2 Å². The maximum absolute atomic E-state index is 11.3. The molecule has 0 spiro atoms. The van der Waals surface area contributed by atoms with Crippen molar-refractivity contribution in [2.24, 2.45) is 0 Å². The summed E-state index contributed by atoms with van der Waals surface area (Å²) >= 11 is 0. The predicted octanol–water partition coefficient (Wildman–Crippen LogP) is 1.94. The molecule has 0 atom stereocenters. The van der Waals surface area contributed by atoms with Gasteiger partial charge in [0.2, 0.25) is 5.91 Å². The standard InChI is InChI=1S/C15H19NO5/c1-10(17)16-7-5-4-6-11-8-13(20-2)14(21-3)9-12(11)15(18)19/h4,6,8-9H,5,7H2,1-3H3,(H,16,17)(H,18,19). The molecule has 114 valence electrons. The SMILES string of the molecule is COc1cc(C=CCCNC(C)=O)c(C(=O)O)cc1OC. The number of carboxylic acids is 1. The molecule has 0 aliphatic carbocycles. The Morgan fingerprint density at radius 3 is 2.38 bits per heavy atom. The maximum Gasteiger partial charge on any atom is 0.336 e. The van der Waals surface area contributed by atoms with Crippen molar-refractivity contribution in [1.29, 1.82) is 0 Å². The van der Waals surface area contributed by atoms with E-state index in [9.17, 15) is 14.7 Å². The smallest absolute Gasteiger partial charge is 0.336 e. The second-order valence-electron chi connectivity index (χ2n) is 4.27. The Balaban J connectivity index is 2.96. The summed E-state index contributed by atoms with van der Waals surface area (Å²) in [6.07, 6.45) is 4.09. The minimum absolute atomic E-state index is 0.0965. The Bertz CT molecular complexity index is 551. The van der Waals surface area contributed by atoms with Gasteiger partial charge in [0, 0.05) is 13.5 Å². The molecular weight excluding hydrogens is 274 g/mol. The Hall–Kier alpha value is -2.50. The third kappa shape index (κ3) is 4.83. The van der Waals surface area contributed by atoms with E-state index in [0.717, 1.165) is 0 Å². The van der Waals surface area contributed by atoms with Gasteiger partial charge in [0.25, 0.3) is 0 Å². The number of carbonyl (C=O) groups is 2. The van der Waals surface area contributed by atoms with Crippen LogP contribution in [0.4, 0.5) is 0 Å². The van der Waals surface area contributed by atoms with E-state index in [2.05, 4.69) is 5.32 Å². The van der Waals surface area contributed by atoms with E-state index in [1.165, 1.54) is 27.2 Å². The van der Waals surface area contributed by atoms with Crippen molar-refractivity contribution in [3.8, 4) is 11.5 Å². The van der Waals surface area contributed by atoms with Crippen molar-refractivity contribution < 1.29 is 24.2 Å². The zero-order chi connectivity index (χ0) is 15.8. The highest BCUT2D eigenvalue weighted by Crippen LogP contribution is 2.31. The molecule has 1 rings (SSSR count). The van der Waals surface area contributed by atoms with Crippen LogP contribution in [0, 0.1) is 0 Å². The lowest BCUT2D eigenvalue weighted by atomic mass is 10.1. The first-order chi connectivity index (χ1) is 9.99. The molecule has 6 heteroatoms. The van der Waals surface area contributed by atoms with Crippen molar-refractivity contribution in [3.05, 3.63) is 29.3 Å². The number of carbonyl (C=O) groups excluding carboxylic acids is 1. The minimum Gasteiger partial charge on any atom is -0.493 e. The zero-order valence-corrected chi connectivity index (χ0v) is 12.3. The molecule has 0 aliphatic rings. The van der Waals surface area contributed by atoms with Crippen molar-refractivity contribution in [1.82, 2.24) is 5.32 Å². The molecule has 1 aromatic carbocycles. The molecule has 0 fully saturated rings. The molecule has 1 aromatic rings. The maximum atomic E-state index is 11.3. The molecule has 6 nitrogen and oxygen atoms in total. The van der Waals surface area contributed by atoms with Crippen LogP contribution in [-0.2, 0) is 4.79 Å². The molecule has 0 radical (unpaired) electrons. The van der Waals surface area contributed by atoms with Gasteiger partial charge in [0.1, 0.15) is 0 Å². The Morgan fingerprint density at radius 1 is 1.24 bits per heavy atom. The van der Waals surface area contributed by atoms with Crippen LogP contribution in [0.25, 0.3) is 6.08 Å². The van der Waals surface area contributed by atoms with E-state index < -0.39 is 5.97 Å². The Morgan fingerprint density at radius 2 is 1.86 bits per heavy atom. The van der Waals surface area contributed by atoms with Gasteiger partial charge in [-0.3, -0.25) is 4.79 Å². The molecule has 0 aromatic heterocycles. The van der Waals surface area contributed by atoms with Crippen LogP contribution in [-0.4, -0.2) is 37.7 Å². The lowest BCUT2D eigenvalue weighted by Gasteiger charge is -2.10. The second-order valence-corrected chi connectivity index (χ2v) is 4.27. The minimum atomic E-state index is -1.04.